The van der Waals surface area contributed by atoms with Crippen molar-refractivity contribution in [1.82, 2.24) is 5.32 Å². The van der Waals surface area contributed by atoms with Gasteiger partial charge in [-0.25, -0.2) is 9.59 Å². The summed E-state index contributed by atoms with van der Waals surface area (Å²) in [6, 6.07) is 14.8. The zero-order chi connectivity index (χ0) is 20.8. The van der Waals surface area contributed by atoms with E-state index in [9.17, 15) is 19.5 Å². The first-order chi connectivity index (χ1) is 14.0. The first kappa shape index (κ1) is 20.4. The topological polar surface area (TPSA) is 113 Å². The second kappa shape index (κ2) is 9.23. The van der Waals surface area contributed by atoms with E-state index in [-0.39, 0.29) is 25.4 Å². The maximum atomic E-state index is 12.2. The second-order valence-corrected chi connectivity index (χ2v) is 7.00. The van der Waals surface area contributed by atoms with Gasteiger partial charge in [-0.3, -0.25) is 4.79 Å². The van der Waals surface area contributed by atoms with E-state index >= 15 is 0 Å². The van der Waals surface area contributed by atoms with Gasteiger partial charge in [0.25, 0.3) is 0 Å². The smallest absolute Gasteiger partial charge is 0.407 e. The second-order valence-electron chi connectivity index (χ2n) is 7.00. The van der Waals surface area contributed by atoms with E-state index in [1.165, 1.54) is 0 Å². The summed E-state index contributed by atoms with van der Waals surface area (Å²) in [6.45, 7) is 0.102. The van der Waals surface area contributed by atoms with Gasteiger partial charge in [-0.05, 0) is 35.1 Å². The number of amides is 1. The van der Waals surface area contributed by atoms with Crippen molar-refractivity contribution in [3.63, 3.8) is 0 Å². The van der Waals surface area contributed by atoms with Crippen molar-refractivity contribution in [2.45, 2.75) is 37.6 Å². The number of hydrogen-bond donors (Lipinski definition) is 3. The molecule has 29 heavy (non-hydrogen) atoms. The number of carboxylic acid groups (broad SMARTS) is 2. The molecule has 3 rings (SSSR count). The van der Waals surface area contributed by atoms with Crippen LogP contribution in [0.15, 0.2) is 48.5 Å². The molecule has 1 aliphatic rings. The first-order valence-electron chi connectivity index (χ1n) is 9.53. The predicted molar refractivity (Wildman–Crippen MR) is 106 cm³/mol. The molecule has 0 fully saturated rings. The SMILES string of the molecule is O=C(O)CCCCC(NC(=O)OCC1c2ccccc2-c2ccccc21)C(=O)O. The number of fused-ring (bicyclic) bond motifs is 3. The lowest BCUT2D eigenvalue weighted by atomic mass is 9.98. The molecule has 1 amide bonds. The molecular weight excluding hydrogens is 374 g/mol. The van der Waals surface area contributed by atoms with Crippen LogP contribution in [0.1, 0.15) is 42.7 Å². The Balaban J connectivity index is 1.58. The van der Waals surface area contributed by atoms with Crippen LogP contribution < -0.4 is 5.32 Å². The Labute approximate surface area is 168 Å². The van der Waals surface area contributed by atoms with Gasteiger partial charge in [0.1, 0.15) is 12.6 Å². The Morgan fingerprint density at radius 2 is 1.52 bits per heavy atom. The zero-order valence-corrected chi connectivity index (χ0v) is 15.8. The lowest BCUT2D eigenvalue weighted by molar-refractivity contribution is -0.139. The number of alkyl carbamates (subject to hydrolysis) is 1. The number of carbonyl (C=O) groups excluding carboxylic acids is 1. The van der Waals surface area contributed by atoms with E-state index in [0.717, 1.165) is 22.3 Å². The van der Waals surface area contributed by atoms with Gasteiger partial charge in [0.05, 0.1) is 0 Å². The van der Waals surface area contributed by atoms with Crippen molar-refractivity contribution in [2.24, 2.45) is 0 Å². The number of unbranched alkanes of at least 4 members (excludes halogenated alkanes) is 1. The van der Waals surface area contributed by atoms with E-state index in [1.54, 1.807) is 0 Å². The molecule has 7 nitrogen and oxygen atoms in total. The minimum atomic E-state index is -1.17. The zero-order valence-electron chi connectivity index (χ0n) is 15.8. The molecule has 2 aromatic rings. The molecule has 1 aliphatic carbocycles. The minimum absolute atomic E-state index is 0.0305. The number of nitrogens with one attached hydrogen (secondary N) is 1. The number of carbonyl (C=O) groups is 3. The lowest BCUT2D eigenvalue weighted by Crippen LogP contribution is -2.41. The molecular formula is C22H23NO6. The van der Waals surface area contributed by atoms with Crippen LogP contribution in [0, 0.1) is 0 Å². The van der Waals surface area contributed by atoms with E-state index < -0.39 is 24.1 Å². The van der Waals surface area contributed by atoms with Gasteiger partial charge in [-0.15, -0.1) is 0 Å². The Kier molecular flexibility index (Phi) is 6.49. The van der Waals surface area contributed by atoms with Crippen molar-refractivity contribution in [2.75, 3.05) is 6.61 Å². The molecule has 0 saturated heterocycles. The normalized spacial score (nSPS) is 13.2. The molecule has 0 saturated carbocycles. The molecule has 152 valence electrons. The largest absolute Gasteiger partial charge is 0.481 e. The van der Waals surface area contributed by atoms with Crippen molar-refractivity contribution >= 4 is 18.0 Å². The Bertz CT molecular complexity index is 864. The van der Waals surface area contributed by atoms with E-state index in [1.807, 2.05) is 48.5 Å². The third-order valence-corrected chi connectivity index (χ3v) is 5.07. The van der Waals surface area contributed by atoms with Crippen molar-refractivity contribution in [3.8, 4) is 11.1 Å². The highest BCUT2D eigenvalue weighted by Gasteiger charge is 2.29. The quantitative estimate of drug-likeness (QED) is 0.557. The fourth-order valence-electron chi connectivity index (χ4n) is 3.66. The summed E-state index contributed by atoms with van der Waals surface area (Å²) in [6.07, 6.45) is 0.0557. The molecule has 2 aromatic carbocycles. The van der Waals surface area contributed by atoms with Gasteiger partial charge in [0.2, 0.25) is 0 Å². The van der Waals surface area contributed by atoms with Crippen molar-refractivity contribution in [3.05, 3.63) is 59.7 Å². The van der Waals surface area contributed by atoms with Crippen molar-refractivity contribution < 1.29 is 29.3 Å². The number of carboxylic acids is 2. The highest BCUT2D eigenvalue weighted by molar-refractivity contribution is 5.81. The fourth-order valence-corrected chi connectivity index (χ4v) is 3.66. The van der Waals surface area contributed by atoms with E-state index in [0.29, 0.717) is 12.8 Å². The number of benzene rings is 2. The highest BCUT2D eigenvalue weighted by atomic mass is 16.5. The fraction of sp³-hybridized carbons (Fsp3) is 0.318. The molecule has 3 N–H and O–H groups in total. The van der Waals surface area contributed by atoms with Gasteiger partial charge in [-0.1, -0.05) is 55.0 Å². The van der Waals surface area contributed by atoms with Crippen LogP contribution in [0.4, 0.5) is 4.79 Å². The summed E-state index contributed by atoms with van der Waals surface area (Å²) >= 11 is 0. The Morgan fingerprint density at radius 1 is 0.931 bits per heavy atom. The summed E-state index contributed by atoms with van der Waals surface area (Å²) in [4.78, 5) is 34.1. The average molecular weight is 397 g/mol. The summed E-state index contributed by atoms with van der Waals surface area (Å²) < 4.78 is 5.36. The number of ether oxygens (including phenoxy) is 1. The Morgan fingerprint density at radius 3 is 2.07 bits per heavy atom. The third-order valence-electron chi connectivity index (χ3n) is 5.07. The van der Waals surface area contributed by atoms with E-state index in [4.69, 9.17) is 9.84 Å². The molecule has 0 aliphatic heterocycles. The third kappa shape index (κ3) is 4.93. The summed E-state index contributed by atoms with van der Waals surface area (Å²) in [5, 5.41) is 20.3. The van der Waals surface area contributed by atoms with Crippen molar-refractivity contribution in [1.29, 1.82) is 0 Å². The molecule has 0 radical (unpaired) electrons. The van der Waals surface area contributed by atoms with Gasteiger partial charge in [0, 0.05) is 12.3 Å². The van der Waals surface area contributed by atoms with Gasteiger partial charge >= 0.3 is 18.0 Å². The van der Waals surface area contributed by atoms with Crippen LogP contribution in [-0.4, -0.2) is 40.9 Å². The van der Waals surface area contributed by atoms with Gasteiger partial charge < -0.3 is 20.3 Å². The number of rotatable bonds is 9. The van der Waals surface area contributed by atoms with Crippen LogP contribution in [0.25, 0.3) is 11.1 Å². The maximum Gasteiger partial charge on any atom is 0.407 e. The lowest BCUT2D eigenvalue weighted by Gasteiger charge is -2.17. The number of hydrogen-bond acceptors (Lipinski definition) is 4. The number of aliphatic carboxylic acids is 2. The molecule has 0 heterocycles. The maximum absolute atomic E-state index is 12.2. The van der Waals surface area contributed by atoms with Crippen LogP contribution in [0.5, 0.6) is 0 Å². The molecule has 1 atom stereocenters. The van der Waals surface area contributed by atoms with Gasteiger partial charge in [0.15, 0.2) is 0 Å². The summed E-state index contributed by atoms with van der Waals surface area (Å²) in [5.74, 6) is -2.21. The molecule has 7 heteroatoms. The Hall–Kier alpha value is -3.35. The molecule has 0 spiro atoms. The minimum Gasteiger partial charge on any atom is -0.481 e. The monoisotopic (exact) mass is 397 g/mol. The van der Waals surface area contributed by atoms with Gasteiger partial charge in [-0.2, -0.15) is 0 Å². The molecule has 0 aromatic heterocycles. The van der Waals surface area contributed by atoms with Crippen LogP contribution in [-0.2, 0) is 14.3 Å². The van der Waals surface area contributed by atoms with E-state index in [2.05, 4.69) is 5.32 Å². The summed E-state index contributed by atoms with van der Waals surface area (Å²) in [7, 11) is 0. The van der Waals surface area contributed by atoms with Crippen LogP contribution >= 0.6 is 0 Å². The van der Waals surface area contributed by atoms with Crippen LogP contribution in [0.3, 0.4) is 0 Å². The van der Waals surface area contributed by atoms with Crippen LogP contribution in [0.2, 0.25) is 0 Å². The predicted octanol–water partition coefficient (Wildman–Crippen LogP) is 3.62. The average Bonchev–Trinajstić information content (AvgIpc) is 3.02. The standard InChI is InChI=1S/C22H23NO6/c24-20(25)12-6-5-11-19(21(26)27)23-22(28)29-13-18-16-9-3-1-7-14(16)15-8-2-4-10-17(15)18/h1-4,7-10,18-19H,5-6,11-13H2,(H,23,28)(H,24,25)(H,26,27). The highest BCUT2D eigenvalue weighted by Crippen LogP contribution is 2.44. The summed E-state index contributed by atoms with van der Waals surface area (Å²) in [5.41, 5.74) is 4.37. The first-order valence-corrected chi connectivity index (χ1v) is 9.53. The molecule has 1 unspecified atom stereocenters. The molecule has 0 bridgehead atoms.